The fraction of sp³-hybridized carbons (Fsp3) is 0.682. The zero-order chi connectivity index (χ0) is 20.5. The molecule has 162 valence electrons. The van der Waals surface area contributed by atoms with Crippen LogP contribution in [0.5, 0.6) is 11.5 Å². The molecule has 1 aromatic carbocycles. The number of aliphatic imine (C=N–C) groups is 1. The van der Waals surface area contributed by atoms with Crippen LogP contribution in [0.4, 0.5) is 0 Å². The van der Waals surface area contributed by atoms with Gasteiger partial charge in [-0.05, 0) is 30.5 Å². The van der Waals surface area contributed by atoms with Crippen molar-refractivity contribution < 1.29 is 14.2 Å². The van der Waals surface area contributed by atoms with E-state index in [1.54, 1.807) is 0 Å². The highest BCUT2D eigenvalue weighted by molar-refractivity contribution is 5.79. The molecule has 2 N–H and O–H groups in total. The Labute approximate surface area is 174 Å². The van der Waals surface area contributed by atoms with Gasteiger partial charge in [0.25, 0.3) is 0 Å². The highest BCUT2D eigenvalue weighted by atomic mass is 16.5. The molecule has 1 atom stereocenters. The molecule has 7 nitrogen and oxygen atoms in total. The van der Waals surface area contributed by atoms with E-state index in [-0.39, 0.29) is 0 Å². The molecule has 29 heavy (non-hydrogen) atoms. The summed E-state index contributed by atoms with van der Waals surface area (Å²) in [5, 5.41) is 6.90. The Morgan fingerprint density at radius 1 is 1.07 bits per heavy atom. The Bertz CT molecular complexity index is 659. The van der Waals surface area contributed by atoms with Gasteiger partial charge in [-0.3, -0.25) is 4.90 Å². The first kappa shape index (κ1) is 21.7. The number of hydrogen-bond acceptors (Lipinski definition) is 5. The second-order valence-corrected chi connectivity index (χ2v) is 7.87. The molecule has 1 aromatic rings. The van der Waals surface area contributed by atoms with Crippen molar-refractivity contribution in [1.82, 2.24) is 15.5 Å². The van der Waals surface area contributed by atoms with Crippen molar-refractivity contribution in [3.8, 4) is 11.5 Å². The lowest BCUT2D eigenvalue weighted by molar-refractivity contribution is 0.00752. The number of rotatable bonds is 7. The molecule has 1 unspecified atom stereocenters. The number of morpholine rings is 1. The van der Waals surface area contributed by atoms with Crippen LogP contribution in [0.15, 0.2) is 23.2 Å². The largest absolute Gasteiger partial charge is 0.490 e. The Balaban J connectivity index is 1.61. The molecule has 2 aliphatic rings. The lowest BCUT2D eigenvalue weighted by Gasteiger charge is -2.37. The van der Waals surface area contributed by atoms with Crippen molar-refractivity contribution in [2.45, 2.75) is 39.8 Å². The molecule has 2 heterocycles. The van der Waals surface area contributed by atoms with E-state index in [9.17, 15) is 0 Å². The fourth-order valence-corrected chi connectivity index (χ4v) is 3.71. The zero-order valence-corrected chi connectivity index (χ0v) is 18.1. The first-order chi connectivity index (χ1) is 14.2. The minimum absolute atomic E-state index is 0.459. The van der Waals surface area contributed by atoms with Gasteiger partial charge in [-0.2, -0.15) is 0 Å². The monoisotopic (exact) mass is 404 g/mol. The fourth-order valence-electron chi connectivity index (χ4n) is 3.71. The minimum atomic E-state index is 0.459. The van der Waals surface area contributed by atoms with Gasteiger partial charge in [0.2, 0.25) is 0 Å². The Hall–Kier alpha value is -1.99. The zero-order valence-electron chi connectivity index (χ0n) is 18.1. The Morgan fingerprint density at radius 3 is 2.55 bits per heavy atom. The minimum Gasteiger partial charge on any atom is -0.490 e. The van der Waals surface area contributed by atoms with Crippen LogP contribution in [0.2, 0.25) is 0 Å². The van der Waals surface area contributed by atoms with E-state index in [4.69, 9.17) is 19.2 Å². The number of guanidine groups is 1. The molecule has 0 spiro atoms. The molecular weight excluding hydrogens is 368 g/mol. The number of ether oxygens (including phenoxy) is 3. The van der Waals surface area contributed by atoms with E-state index in [0.717, 1.165) is 68.8 Å². The summed E-state index contributed by atoms with van der Waals surface area (Å²) in [5.74, 6) is 3.05. The maximum absolute atomic E-state index is 5.80. The normalized spacial score (nSPS) is 19.0. The molecule has 1 fully saturated rings. The lowest BCUT2D eigenvalue weighted by atomic mass is 10.0. The number of hydrogen-bond donors (Lipinski definition) is 2. The van der Waals surface area contributed by atoms with Crippen LogP contribution >= 0.6 is 0 Å². The van der Waals surface area contributed by atoms with Crippen LogP contribution in [0.25, 0.3) is 0 Å². The summed E-state index contributed by atoms with van der Waals surface area (Å²) < 4.78 is 17.0. The number of benzene rings is 1. The predicted molar refractivity (Wildman–Crippen MR) is 116 cm³/mol. The summed E-state index contributed by atoms with van der Waals surface area (Å²) in [7, 11) is 0. The van der Waals surface area contributed by atoms with Gasteiger partial charge in [0.15, 0.2) is 17.5 Å². The van der Waals surface area contributed by atoms with E-state index >= 15 is 0 Å². The molecule has 0 radical (unpaired) electrons. The molecule has 0 amide bonds. The summed E-state index contributed by atoms with van der Waals surface area (Å²) >= 11 is 0. The first-order valence-corrected chi connectivity index (χ1v) is 10.9. The molecule has 7 heteroatoms. The topological polar surface area (TPSA) is 67.4 Å². The third-order valence-electron chi connectivity index (χ3n) is 5.34. The molecule has 0 saturated carbocycles. The SMILES string of the molecule is CCNC(=NCc1ccc2c(c1)OCCCO2)NCC(C(C)C)N1CCOCC1. The molecule has 0 aliphatic carbocycles. The summed E-state index contributed by atoms with van der Waals surface area (Å²) in [5.41, 5.74) is 1.11. The average molecular weight is 405 g/mol. The average Bonchev–Trinajstić information content (AvgIpc) is 2.97. The molecule has 1 saturated heterocycles. The van der Waals surface area contributed by atoms with Crippen molar-refractivity contribution in [2.24, 2.45) is 10.9 Å². The quantitative estimate of drug-likeness (QED) is 0.537. The van der Waals surface area contributed by atoms with Gasteiger partial charge in [-0.15, -0.1) is 0 Å². The second kappa shape index (κ2) is 11.3. The number of nitrogens with one attached hydrogen (secondary N) is 2. The Kier molecular flexibility index (Phi) is 8.43. The van der Waals surface area contributed by atoms with E-state index in [1.165, 1.54) is 0 Å². The molecular formula is C22H36N4O3. The highest BCUT2D eigenvalue weighted by Crippen LogP contribution is 2.30. The van der Waals surface area contributed by atoms with E-state index in [0.29, 0.717) is 31.7 Å². The summed E-state index contributed by atoms with van der Waals surface area (Å²) in [4.78, 5) is 7.31. The Morgan fingerprint density at radius 2 is 1.83 bits per heavy atom. The van der Waals surface area contributed by atoms with Crippen molar-refractivity contribution in [3.05, 3.63) is 23.8 Å². The summed E-state index contributed by atoms with van der Waals surface area (Å²) in [6, 6.07) is 6.55. The van der Waals surface area contributed by atoms with Gasteiger partial charge in [-0.1, -0.05) is 19.9 Å². The molecule has 2 aliphatic heterocycles. The van der Waals surface area contributed by atoms with Gasteiger partial charge in [0, 0.05) is 38.6 Å². The van der Waals surface area contributed by atoms with Crippen molar-refractivity contribution in [2.75, 3.05) is 52.6 Å². The number of nitrogens with zero attached hydrogens (tertiary/aromatic N) is 2. The van der Waals surface area contributed by atoms with Crippen molar-refractivity contribution in [1.29, 1.82) is 0 Å². The van der Waals surface area contributed by atoms with Crippen LogP contribution in [0, 0.1) is 5.92 Å². The van der Waals surface area contributed by atoms with E-state index in [2.05, 4.69) is 42.4 Å². The summed E-state index contributed by atoms with van der Waals surface area (Å²) in [6.45, 7) is 14.0. The third-order valence-corrected chi connectivity index (χ3v) is 5.34. The van der Waals surface area contributed by atoms with Gasteiger partial charge in [0.1, 0.15) is 0 Å². The third kappa shape index (κ3) is 6.51. The second-order valence-electron chi connectivity index (χ2n) is 7.87. The number of fused-ring (bicyclic) bond motifs is 1. The van der Waals surface area contributed by atoms with Crippen LogP contribution in [-0.4, -0.2) is 69.5 Å². The smallest absolute Gasteiger partial charge is 0.191 e. The van der Waals surface area contributed by atoms with Crippen LogP contribution in [0.1, 0.15) is 32.8 Å². The maximum atomic E-state index is 5.80. The van der Waals surface area contributed by atoms with Crippen LogP contribution in [0.3, 0.4) is 0 Å². The van der Waals surface area contributed by atoms with Gasteiger partial charge in [0.05, 0.1) is 33.0 Å². The van der Waals surface area contributed by atoms with Gasteiger partial charge >= 0.3 is 0 Å². The molecule has 0 bridgehead atoms. The first-order valence-electron chi connectivity index (χ1n) is 10.9. The van der Waals surface area contributed by atoms with Crippen molar-refractivity contribution >= 4 is 5.96 Å². The highest BCUT2D eigenvalue weighted by Gasteiger charge is 2.23. The predicted octanol–water partition coefficient (Wildman–Crippen LogP) is 2.26. The summed E-state index contributed by atoms with van der Waals surface area (Å²) in [6.07, 6.45) is 0.914. The van der Waals surface area contributed by atoms with Crippen LogP contribution < -0.4 is 20.1 Å². The molecule has 3 rings (SSSR count). The standard InChI is InChI=1S/C22H36N4O3/c1-4-23-22(25-16-19(17(2)3)26-8-12-27-13-9-26)24-15-18-6-7-20-21(14-18)29-11-5-10-28-20/h6-7,14,17,19H,4-5,8-13,15-16H2,1-3H3,(H2,23,24,25). The van der Waals surface area contributed by atoms with Gasteiger partial charge < -0.3 is 24.8 Å². The maximum Gasteiger partial charge on any atom is 0.191 e. The van der Waals surface area contributed by atoms with Crippen molar-refractivity contribution in [3.63, 3.8) is 0 Å². The van der Waals surface area contributed by atoms with Crippen LogP contribution in [-0.2, 0) is 11.3 Å². The van der Waals surface area contributed by atoms with E-state index < -0.39 is 0 Å². The molecule has 0 aromatic heterocycles. The van der Waals surface area contributed by atoms with Gasteiger partial charge in [-0.25, -0.2) is 4.99 Å². The lowest BCUT2D eigenvalue weighted by Crippen LogP contribution is -2.52. The van der Waals surface area contributed by atoms with E-state index in [1.807, 2.05) is 12.1 Å².